The van der Waals surface area contributed by atoms with Crippen LogP contribution in [-0.2, 0) is 6.18 Å². The van der Waals surface area contributed by atoms with E-state index in [4.69, 9.17) is 11.5 Å². The highest BCUT2D eigenvalue weighted by Crippen LogP contribution is 2.36. The molecule has 1 heterocycles. The number of rotatable bonds is 4. The number of carbonyl (C=O) groups excluding carboxylic acids is 1. The van der Waals surface area contributed by atoms with Crippen LogP contribution in [0.3, 0.4) is 0 Å². The molecule has 0 aliphatic heterocycles. The highest BCUT2D eigenvalue weighted by Gasteiger charge is 2.33. The number of primary amides is 1. The Kier molecular flexibility index (Phi) is 5.45. The van der Waals surface area contributed by atoms with E-state index in [0.29, 0.717) is 4.68 Å². The van der Waals surface area contributed by atoms with Crippen molar-refractivity contribution in [3.05, 3.63) is 81.0 Å². The van der Waals surface area contributed by atoms with Crippen molar-refractivity contribution in [1.82, 2.24) is 9.78 Å². The van der Waals surface area contributed by atoms with Crippen LogP contribution in [0.1, 0.15) is 40.0 Å². The molecular weight excluding hydrogens is 420 g/mol. The van der Waals surface area contributed by atoms with Gasteiger partial charge in [0.2, 0.25) is 0 Å². The summed E-state index contributed by atoms with van der Waals surface area (Å²) in [7, 11) is 0. The van der Waals surface area contributed by atoms with E-state index in [9.17, 15) is 32.3 Å². The number of nitrogen functional groups attached to an aromatic ring is 1. The van der Waals surface area contributed by atoms with Gasteiger partial charge in [0, 0.05) is 11.6 Å². The zero-order valence-corrected chi connectivity index (χ0v) is 15.9. The topological polar surface area (TPSA) is 124 Å². The molecule has 0 aliphatic rings. The van der Waals surface area contributed by atoms with Gasteiger partial charge >= 0.3 is 6.18 Å². The summed E-state index contributed by atoms with van der Waals surface area (Å²) in [6.45, 7) is 1.32. The van der Waals surface area contributed by atoms with Crippen molar-refractivity contribution in [2.75, 3.05) is 5.73 Å². The molecular formula is C20H16F4N4O3. The summed E-state index contributed by atoms with van der Waals surface area (Å²) in [4.78, 5) is 24.8. The van der Waals surface area contributed by atoms with Gasteiger partial charge in [-0.15, -0.1) is 0 Å². The van der Waals surface area contributed by atoms with Crippen molar-refractivity contribution in [2.24, 2.45) is 5.73 Å². The second-order valence-corrected chi connectivity index (χ2v) is 6.75. The van der Waals surface area contributed by atoms with Crippen molar-refractivity contribution >= 4 is 11.6 Å². The van der Waals surface area contributed by atoms with E-state index in [1.54, 1.807) is 0 Å². The molecule has 7 nitrogen and oxygen atoms in total. The van der Waals surface area contributed by atoms with E-state index >= 15 is 0 Å². The lowest BCUT2D eigenvalue weighted by Crippen LogP contribution is -2.31. The van der Waals surface area contributed by atoms with E-state index in [0.717, 1.165) is 18.2 Å². The molecule has 1 aromatic heterocycles. The molecule has 1 atom stereocenters. The molecule has 0 saturated carbocycles. The number of benzene rings is 2. The van der Waals surface area contributed by atoms with Crippen molar-refractivity contribution < 1.29 is 27.5 Å². The molecule has 31 heavy (non-hydrogen) atoms. The zero-order valence-electron chi connectivity index (χ0n) is 15.9. The molecule has 0 aliphatic carbocycles. The molecule has 0 fully saturated rings. The summed E-state index contributed by atoms with van der Waals surface area (Å²) in [5.41, 5.74) is 6.82. The van der Waals surface area contributed by atoms with Crippen LogP contribution in [0, 0.1) is 5.82 Å². The van der Waals surface area contributed by atoms with Crippen LogP contribution in [0.15, 0.2) is 47.3 Å². The van der Waals surface area contributed by atoms with Gasteiger partial charge in [0.15, 0.2) is 11.4 Å². The Morgan fingerprint density at radius 1 is 1.19 bits per heavy atom. The number of alkyl halides is 3. The summed E-state index contributed by atoms with van der Waals surface area (Å²) >= 11 is 0. The van der Waals surface area contributed by atoms with Gasteiger partial charge in [-0.05, 0) is 35.9 Å². The number of amides is 1. The lowest BCUT2D eigenvalue weighted by molar-refractivity contribution is -0.137. The standard InChI is InChI=1S/C20H16F4N4O3/c1-9(10-6-11(20(22,23)24)8-12(25)7-10)15-17(29)16(18(26)30)27-28(19(15)31)14-5-3-2-4-13(14)21/h2-9,29H,25H2,1H3,(H2,26,30). The minimum atomic E-state index is -4.71. The maximum Gasteiger partial charge on any atom is 0.416 e. The average molecular weight is 436 g/mol. The van der Waals surface area contributed by atoms with Crippen LogP contribution in [0.25, 0.3) is 5.69 Å². The van der Waals surface area contributed by atoms with E-state index in [-0.39, 0.29) is 16.9 Å². The first kappa shape index (κ1) is 21.8. The van der Waals surface area contributed by atoms with Gasteiger partial charge in [-0.2, -0.15) is 23.0 Å². The molecule has 1 unspecified atom stereocenters. The molecule has 3 rings (SSSR count). The molecule has 162 valence electrons. The highest BCUT2D eigenvalue weighted by atomic mass is 19.4. The Morgan fingerprint density at radius 3 is 2.42 bits per heavy atom. The second-order valence-electron chi connectivity index (χ2n) is 6.75. The number of carbonyl (C=O) groups is 1. The summed E-state index contributed by atoms with van der Waals surface area (Å²) in [5, 5.41) is 14.1. The lowest BCUT2D eigenvalue weighted by Gasteiger charge is -2.19. The third-order valence-electron chi connectivity index (χ3n) is 4.65. The smallest absolute Gasteiger partial charge is 0.416 e. The molecule has 1 amide bonds. The van der Waals surface area contributed by atoms with Gasteiger partial charge in [0.1, 0.15) is 11.5 Å². The van der Waals surface area contributed by atoms with Crippen LogP contribution < -0.4 is 17.0 Å². The van der Waals surface area contributed by atoms with Gasteiger partial charge in [-0.1, -0.05) is 19.1 Å². The van der Waals surface area contributed by atoms with E-state index < -0.39 is 51.9 Å². The van der Waals surface area contributed by atoms with Crippen molar-refractivity contribution in [3.63, 3.8) is 0 Å². The van der Waals surface area contributed by atoms with Gasteiger partial charge in [-0.25, -0.2) is 4.39 Å². The van der Waals surface area contributed by atoms with Crippen LogP contribution in [0.2, 0.25) is 0 Å². The Morgan fingerprint density at radius 2 is 1.84 bits per heavy atom. The monoisotopic (exact) mass is 436 g/mol. The fourth-order valence-electron chi connectivity index (χ4n) is 3.14. The SMILES string of the molecule is CC(c1cc(N)cc(C(F)(F)F)c1)c1c(O)c(C(N)=O)nn(-c2ccccc2F)c1=O. The normalized spacial score (nSPS) is 12.5. The molecule has 0 radical (unpaired) electrons. The van der Waals surface area contributed by atoms with E-state index in [1.165, 1.54) is 31.2 Å². The fraction of sp³-hybridized carbons (Fsp3) is 0.150. The predicted octanol–water partition coefficient (Wildman–Crippen LogP) is 2.93. The third kappa shape index (κ3) is 4.06. The maximum absolute atomic E-state index is 14.3. The number of hydrogen-bond acceptors (Lipinski definition) is 5. The molecule has 0 saturated heterocycles. The van der Waals surface area contributed by atoms with E-state index in [1.807, 2.05) is 0 Å². The van der Waals surface area contributed by atoms with Gasteiger partial charge in [0.05, 0.1) is 11.1 Å². The first-order valence-corrected chi connectivity index (χ1v) is 8.80. The summed E-state index contributed by atoms with van der Waals surface area (Å²) in [6.07, 6.45) is -4.71. The summed E-state index contributed by atoms with van der Waals surface area (Å²) < 4.78 is 54.4. The number of nitrogens with zero attached hydrogens (tertiary/aromatic N) is 2. The number of aromatic nitrogens is 2. The quantitative estimate of drug-likeness (QED) is 0.429. The van der Waals surface area contributed by atoms with E-state index in [2.05, 4.69) is 5.10 Å². The number of anilines is 1. The molecule has 2 aromatic carbocycles. The Balaban J connectivity index is 2.31. The van der Waals surface area contributed by atoms with Crippen molar-refractivity contribution in [2.45, 2.75) is 19.0 Å². The van der Waals surface area contributed by atoms with Crippen LogP contribution >= 0.6 is 0 Å². The molecule has 0 bridgehead atoms. The molecule has 0 spiro atoms. The minimum absolute atomic E-state index is 0.0681. The number of aromatic hydroxyl groups is 1. The predicted molar refractivity (Wildman–Crippen MR) is 103 cm³/mol. The van der Waals surface area contributed by atoms with Gasteiger partial charge < -0.3 is 16.6 Å². The van der Waals surface area contributed by atoms with Crippen LogP contribution in [-0.4, -0.2) is 20.8 Å². The largest absolute Gasteiger partial charge is 0.505 e. The molecule has 5 N–H and O–H groups in total. The number of hydrogen-bond donors (Lipinski definition) is 3. The second kappa shape index (κ2) is 7.74. The molecule has 3 aromatic rings. The van der Waals surface area contributed by atoms with Crippen molar-refractivity contribution in [3.8, 4) is 11.4 Å². The average Bonchev–Trinajstić information content (AvgIpc) is 2.67. The zero-order chi connectivity index (χ0) is 23.1. The molecule has 11 heteroatoms. The summed E-state index contributed by atoms with van der Waals surface area (Å²) in [6, 6.07) is 7.66. The summed E-state index contributed by atoms with van der Waals surface area (Å²) in [5.74, 6) is -4.18. The van der Waals surface area contributed by atoms with Crippen LogP contribution in [0.4, 0.5) is 23.2 Å². The Hall–Kier alpha value is -3.89. The number of halogens is 4. The lowest BCUT2D eigenvalue weighted by atomic mass is 9.91. The first-order valence-electron chi connectivity index (χ1n) is 8.80. The van der Waals surface area contributed by atoms with Gasteiger partial charge in [0.25, 0.3) is 11.5 Å². The Labute approximate surface area is 172 Å². The minimum Gasteiger partial charge on any atom is -0.505 e. The fourth-order valence-corrected chi connectivity index (χ4v) is 3.14. The van der Waals surface area contributed by atoms with Crippen LogP contribution in [0.5, 0.6) is 5.75 Å². The highest BCUT2D eigenvalue weighted by molar-refractivity contribution is 5.93. The number of nitrogens with two attached hydrogens (primary N) is 2. The van der Waals surface area contributed by atoms with Gasteiger partial charge in [-0.3, -0.25) is 9.59 Å². The first-order chi connectivity index (χ1) is 14.4. The Bertz CT molecular complexity index is 1240. The maximum atomic E-state index is 14.3. The number of para-hydroxylation sites is 1. The van der Waals surface area contributed by atoms with Crippen molar-refractivity contribution in [1.29, 1.82) is 0 Å². The third-order valence-corrected chi connectivity index (χ3v) is 4.65.